The lowest BCUT2D eigenvalue weighted by Gasteiger charge is -2.33. The van der Waals surface area contributed by atoms with Crippen molar-refractivity contribution in [2.24, 2.45) is 0 Å². The van der Waals surface area contributed by atoms with Crippen LogP contribution in [0.3, 0.4) is 0 Å². The van der Waals surface area contributed by atoms with E-state index in [-0.39, 0.29) is 0 Å². The second-order valence-electron chi connectivity index (χ2n) is 6.01. The Labute approximate surface area is 137 Å². The third-order valence-corrected chi connectivity index (χ3v) is 3.95. The molecule has 2 aromatic rings. The van der Waals surface area contributed by atoms with Crippen molar-refractivity contribution in [3.63, 3.8) is 0 Å². The summed E-state index contributed by atoms with van der Waals surface area (Å²) in [6.45, 7) is 9.72. The van der Waals surface area contributed by atoms with Crippen LogP contribution in [0.1, 0.15) is 13.8 Å². The second-order valence-corrected chi connectivity index (χ2v) is 6.01. The summed E-state index contributed by atoms with van der Waals surface area (Å²) in [6.07, 6.45) is 0.298. The minimum Gasteiger partial charge on any atom is -0.377 e. The van der Waals surface area contributed by atoms with Crippen molar-refractivity contribution in [1.82, 2.24) is 15.0 Å². The van der Waals surface area contributed by atoms with Gasteiger partial charge in [-0.3, -0.25) is 4.90 Å². The molecule has 23 heavy (non-hydrogen) atoms. The maximum Gasteiger partial charge on any atom is 0.266 e. The minimum atomic E-state index is 0.298. The van der Waals surface area contributed by atoms with Crippen LogP contribution in [-0.4, -0.2) is 60.5 Å². The first kappa shape index (κ1) is 16.0. The number of anilines is 1. The largest absolute Gasteiger partial charge is 0.377 e. The standard InChI is InChI=1S/C17H24N4O2/c1-14(2)22-13-12-20-8-10-21(11-9-20)17-18-16(23-19-17)15-6-4-3-5-7-15/h3-7,14H,8-13H2,1-2H3. The summed E-state index contributed by atoms with van der Waals surface area (Å²) >= 11 is 0. The highest BCUT2D eigenvalue weighted by Crippen LogP contribution is 2.20. The van der Waals surface area contributed by atoms with Crippen LogP contribution >= 0.6 is 0 Å². The molecule has 0 spiro atoms. The van der Waals surface area contributed by atoms with E-state index in [0.29, 0.717) is 17.9 Å². The summed E-state index contributed by atoms with van der Waals surface area (Å²) in [5, 5.41) is 4.12. The van der Waals surface area contributed by atoms with Crippen molar-refractivity contribution < 1.29 is 9.26 Å². The number of rotatable bonds is 6. The van der Waals surface area contributed by atoms with Gasteiger partial charge in [0.15, 0.2) is 0 Å². The number of hydrogen-bond acceptors (Lipinski definition) is 6. The summed E-state index contributed by atoms with van der Waals surface area (Å²) in [7, 11) is 0. The van der Waals surface area contributed by atoms with Gasteiger partial charge in [0.25, 0.3) is 11.8 Å². The molecule has 0 aliphatic carbocycles. The Morgan fingerprint density at radius 1 is 1.13 bits per heavy atom. The Hall–Kier alpha value is -1.92. The molecule has 124 valence electrons. The van der Waals surface area contributed by atoms with Crippen LogP contribution in [0.2, 0.25) is 0 Å². The molecule has 0 atom stereocenters. The van der Waals surface area contributed by atoms with E-state index in [1.807, 2.05) is 30.3 Å². The van der Waals surface area contributed by atoms with Crippen LogP contribution in [0.15, 0.2) is 34.9 Å². The van der Waals surface area contributed by atoms with Crippen molar-refractivity contribution in [3.05, 3.63) is 30.3 Å². The number of hydrogen-bond donors (Lipinski definition) is 0. The summed E-state index contributed by atoms with van der Waals surface area (Å²) in [4.78, 5) is 9.11. The summed E-state index contributed by atoms with van der Waals surface area (Å²) < 4.78 is 11.0. The van der Waals surface area contributed by atoms with Crippen LogP contribution in [0.4, 0.5) is 5.95 Å². The second kappa shape index (κ2) is 7.57. The van der Waals surface area contributed by atoms with Gasteiger partial charge in [-0.2, -0.15) is 4.98 Å². The summed E-state index contributed by atoms with van der Waals surface area (Å²) in [5.74, 6) is 1.26. The molecule has 1 aromatic carbocycles. The van der Waals surface area contributed by atoms with Crippen molar-refractivity contribution in [3.8, 4) is 11.5 Å². The molecule has 1 saturated heterocycles. The fourth-order valence-electron chi connectivity index (χ4n) is 2.63. The van der Waals surface area contributed by atoms with Crippen LogP contribution in [0.25, 0.3) is 11.5 Å². The van der Waals surface area contributed by atoms with E-state index in [1.54, 1.807) is 0 Å². The molecular formula is C17H24N4O2. The molecule has 3 rings (SSSR count). The van der Waals surface area contributed by atoms with Gasteiger partial charge >= 0.3 is 0 Å². The molecule has 6 nitrogen and oxygen atoms in total. The van der Waals surface area contributed by atoms with E-state index < -0.39 is 0 Å². The lowest BCUT2D eigenvalue weighted by atomic mass is 10.2. The van der Waals surface area contributed by atoms with E-state index in [0.717, 1.165) is 44.9 Å². The zero-order valence-electron chi connectivity index (χ0n) is 13.8. The Morgan fingerprint density at radius 2 is 1.87 bits per heavy atom. The third-order valence-electron chi connectivity index (χ3n) is 3.95. The van der Waals surface area contributed by atoms with Gasteiger partial charge in [0, 0.05) is 38.3 Å². The monoisotopic (exact) mass is 316 g/mol. The molecule has 0 saturated carbocycles. The smallest absolute Gasteiger partial charge is 0.266 e. The Bertz CT molecular complexity index is 592. The molecule has 0 amide bonds. The predicted octanol–water partition coefficient (Wildman–Crippen LogP) is 2.28. The number of ether oxygens (including phenoxy) is 1. The zero-order chi connectivity index (χ0) is 16.1. The Balaban J connectivity index is 1.51. The summed E-state index contributed by atoms with van der Waals surface area (Å²) in [5.41, 5.74) is 0.954. The zero-order valence-corrected chi connectivity index (χ0v) is 13.8. The first-order chi connectivity index (χ1) is 11.2. The molecule has 1 fully saturated rings. The first-order valence-electron chi connectivity index (χ1n) is 8.20. The van der Waals surface area contributed by atoms with Gasteiger partial charge < -0.3 is 14.2 Å². The van der Waals surface area contributed by atoms with Crippen LogP contribution in [0, 0.1) is 0 Å². The van der Waals surface area contributed by atoms with Gasteiger partial charge in [-0.15, -0.1) is 0 Å². The number of aromatic nitrogens is 2. The average molecular weight is 316 g/mol. The van der Waals surface area contributed by atoms with E-state index in [2.05, 4.69) is 33.8 Å². The van der Waals surface area contributed by atoms with Crippen LogP contribution in [0.5, 0.6) is 0 Å². The fourth-order valence-corrected chi connectivity index (χ4v) is 2.63. The van der Waals surface area contributed by atoms with Crippen LogP contribution < -0.4 is 4.90 Å². The first-order valence-corrected chi connectivity index (χ1v) is 8.20. The van der Waals surface area contributed by atoms with Crippen molar-refractivity contribution >= 4 is 5.95 Å². The Kier molecular flexibility index (Phi) is 5.25. The molecular weight excluding hydrogens is 292 g/mol. The highest BCUT2D eigenvalue weighted by Gasteiger charge is 2.21. The molecule has 0 radical (unpaired) electrons. The van der Waals surface area contributed by atoms with Gasteiger partial charge in [0.2, 0.25) is 0 Å². The lowest BCUT2D eigenvalue weighted by Crippen LogP contribution is -2.47. The summed E-state index contributed by atoms with van der Waals surface area (Å²) in [6, 6.07) is 9.87. The lowest BCUT2D eigenvalue weighted by molar-refractivity contribution is 0.0578. The maximum atomic E-state index is 5.61. The predicted molar refractivity (Wildman–Crippen MR) is 89.5 cm³/mol. The number of piperazine rings is 1. The normalized spacial score (nSPS) is 16.2. The molecule has 1 aliphatic rings. The van der Waals surface area contributed by atoms with E-state index in [9.17, 15) is 0 Å². The van der Waals surface area contributed by atoms with E-state index in [4.69, 9.17) is 9.26 Å². The van der Waals surface area contributed by atoms with Crippen molar-refractivity contribution in [2.45, 2.75) is 20.0 Å². The quantitative estimate of drug-likeness (QED) is 0.815. The minimum absolute atomic E-state index is 0.298. The molecule has 1 aromatic heterocycles. The molecule has 6 heteroatoms. The van der Waals surface area contributed by atoms with Gasteiger partial charge in [-0.05, 0) is 31.1 Å². The maximum absolute atomic E-state index is 5.61. The molecule has 0 unspecified atom stereocenters. The number of nitrogens with zero attached hydrogens (tertiary/aromatic N) is 4. The van der Waals surface area contributed by atoms with Gasteiger partial charge in [0.05, 0.1) is 12.7 Å². The third kappa shape index (κ3) is 4.30. The van der Waals surface area contributed by atoms with Crippen molar-refractivity contribution in [2.75, 3.05) is 44.2 Å². The SMILES string of the molecule is CC(C)OCCN1CCN(c2noc(-c3ccccc3)n2)CC1. The van der Waals surface area contributed by atoms with Crippen molar-refractivity contribution in [1.29, 1.82) is 0 Å². The number of benzene rings is 1. The van der Waals surface area contributed by atoms with Crippen LogP contribution in [-0.2, 0) is 4.74 Å². The molecule has 2 heterocycles. The van der Waals surface area contributed by atoms with E-state index >= 15 is 0 Å². The Morgan fingerprint density at radius 3 is 2.57 bits per heavy atom. The highest BCUT2D eigenvalue weighted by molar-refractivity contribution is 5.54. The average Bonchev–Trinajstić information content (AvgIpc) is 3.06. The van der Waals surface area contributed by atoms with Gasteiger partial charge in [-0.25, -0.2) is 0 Å². The molecule has 0 N–H and O–H groups in total. The van der Waals surface area contributed by atoms with E-state index in [1.165, 1.54) is 0 Å². The molecule has 1 aliphatic heterocycles. The highest BCUT2D eigenvalue weighted by atomic mass is 16.5. The molecule has 0 bridgehead atoms. The van der Waals surface area contributed by atoms with Gasteiger partial charge in [-0.1, -0.05) is 18.2 Å². The topological polar surface area (TPSA) is 54.6 Å². The van der Waals surface area contributed by atoms with Gasteiger partial charge in [0.1, 0.15) is 0 Å². The fraction of sp³-hybridized carbons (Fsp3) is 0.529.